The van der Waals surface area contributed by atoms with E-state index in [1.165, 1.54) is 4.90 Å². The number of carbonyl (C=O) groups is 4. The Balaban J connectivity index is 1.17. The van der Waals surface area contributed by atoms with Crippen LogP contribution in [0.3, 0.4) is 0 Å². The van der Waals surface area contributed by atoms with E-state index in [0.29, 0.717) is 0 Å². The molecule has 0 radical (unpaired) electrons. The van der Waals surface area contributed by atoms with Crippen LogP contribution >= 0.6 is 0 Å². The monoisotopic (exact) mass is 483 g/mol. The molecule has 3 atom stereocenters. The lowest BCUT2D eigenvalue weighted by Crippen LogP contribution is -2.38. The highest BCUT2D eigenvalue weighted by Crippen LogP contribution is 2.34. The third-order valence-electron chi connectivity index (χ3n) is 6.72. The van der Waals surface area contributed by atoms with Crippen molar-refractivity contribution < 1.29 is 32.7 Å². The van der Waals surface area contributed by atoms with Crippen LogP contribution < -0.4 is 20.4 Å². The standard InChI is InChI=1S/C23H19F2N5O5/c24-15-5-11(6-16(25)19(15)28-9-17-18(10-28)27-22(33)26-17)29-7-12(35-23(29)34)8-30-20(31)13-3-1-2-4-14(13)21(30)32/h1-6,12,17-18H,7-10H2,(H2,26,27,33). The molecule has 0 saturated carbocycles. The lowest BCUT2D eigenvalue weighted by molar-refractivity contribution is 0.0558. The minimum atomic E-state index is -0.858. The van der Waals surface area contributed by atoms with Crippen LogP contribution in [0, 0.1) is 11.6 Å². The number of halogens is 2. The van der Waals surface area contributed by atoms with E-state index in [2.05, 4.69) is 10.6 Å². The van der Waals surface area contributed by atoms with Gasteiger partial charge in [0.1, 0.15) is 11.8 Å². The number of ether oxygens (including phenoxy) is 1. The molecule has 180 valence electrons. The van der Waals surface area contributed by atoms with Gasteiger partial charge in [0, 0.05) is 25.2 Å². The summed E-state index contributed by atoms with van der Waals surface area (Å²) in [6, 6.07) is 7.68. The third kappa shape index (κ3) is 3.35. The molecule has 0 aromatic heterocycles. The SMILES string of the molecule is O=C1NC2CN(c3c(F)cc(N4CC(CN5C(=O)c6ccccc6C5=O)OC4=O)cc3F)CC2N1. The molecule has 0 bridgehead atoms. The van der Waals surface area contributed by atoms with Crippen LogP contribution in [0.2, 0.25) is 0 Å². The van der Waals surface area contributed by atoms with Crippen molar-refractivity contribution in [3.05, 3.63) is 59.2 Å². The van der Waals surface area contributed by atoms with Gasteiger partial charge in [-0.25, -0.2) is 18.4 Å². The second-order valence-corrected chi connectivity index (χ2v) is 8.88. The van der Waals surface area contributed by atoms with Crippen LogP contribution in [0.4, 0.5) is 29.7 Å². The lowest BCUT2D eigenvalue weighted by atomic mass is 10.1. The highest BCUT2D eigenvalue weighted by atomic mass is 19.1. The molecule has 3 fully saturated rings. The number of amides is 5. The zero-order valence-corrected chi connectivity index (χ0v) is 18.2. The second-order valence-electron chi connectivity index (χ2n) is 8.88. The first-order chi connectivity index (χ1) is 16.8. The number of nitrogens with one attached hydrogen (secondary N) is 2. The Hall–Kier alpha value is -4.22. The van der Waals surface area contributed by atoms with Crippen LogP contribution in [0.1, 0.15) is 20.7 Å². The summed E-state index contributed by atoms with van der Waals surface area (Å²) < 4.78 is 35.3. The Bertz CT molecular complexity index is 1230. The molecule has 2 aromatic carbocycles. The molecule has 35 heavy (non-hydrogen) atoms. The molecule has 4 aliphatic heterocycles. The first-order valence-electron chi connectivity index (χ1n) is 11.0. The van der Waals surface area contributed by atoms with Gasteiger partial charge in [-0.3, -0.25) is 19.4 Å². The average Bonchev–Trinajstić information content (AvgIpc) is 3.52. The summed E-state index contributed by atoms with van der Waals surface area (Å²) in [6.07, 6.45) is -1.69. The van der Waals surface area contributed by atoms with E-state index in [4.69, 9.17) is 4.74 Å². The van der Waals surface area contributed by atoms with E-state index in [1.807, 2.05) is 0 Å². The normalized spacial score (nSPS) is 25.1. The first-order valence-corrected chi connectivity index (χ1v) is 11.0. The van der Waals surface area contributed by atoms with Crippen LogP contribution in [0.5, 0.6) is 0 Å². The van der Waals surface area contributed by atoms with Gasteiger partial charge >= 0.3 is 12.1 Å². The molecule has 3 saturated heterocycles. The van der Waals surface area contributed by atoms with Crippen LogP contribution in [-0.2, 0) is 4.74 Å². The highest BCUT2D eigenvalue weighted by Gasteiger charge is 2.43. The van der Waals surface area contributed by atoms with Crippen molar-refractivity contribution in [2.75, 3.05) is 36.0 Å². The Morgan fingerprint density at radius 3 is 2.03 bits per heavy atom. The largest absolute Gasteiger partial charge is 0.442 e. The fraction of sp³-hybridized carbons (Fsp3) is 0.304. The Morgan fingerprint density at radius 2 is 1.46 bits per heavy atom. The number of benzene rings is 2. The number of imide groups is 1. The lowest BCUT2D eigenvalue weighted by Gasteiger charge is -2.22. The van der Waals surface area contributed by atoms with Gasteiger partial charge in [0.25, 0.3) is 11.8 Å². The number of hydrogen-bond donors (Lipinski definition) is 2. The van der Waals surface area contributed by atoms with E-state index >= 15 is 8.78 Å². The molecule has 2 aromatic rings. The number of anilines is 2. The maximum absolute atomic E-state index is 15.0. The van der Waals surface area contributed by atoms with Crippen molar-refractivity contribution in [1.29, 1.82) is 0 Å². The minimum Gasteiger partial charge on any atom is -0.442 e. The molecular weight excluding hydrogens is 464 g/mol. The number of carbonyl (C=O) groups excluding carboxylic acids is 4. The van der Waals surface area contributed by atoms with Gasteiger partial charge in [-0.05, 0) is 12.1 Å². The molecule has 3 unspecified atom stereocenters. The van der Waals surface area contributed by atoms with Crippen LogP contribution in [0.15, 0.2) is 36.4 Å². The van der Waals surface area contributed by atoms with Crippen molar-refractivity contribution in [3.63, 3.8) is 0 Å². The van der Waals surface area contributed by atoms with Gasteiger partial charge in [0.15, 0.2) is 11.6 Å². The van der Waals surface area contributed by atoms with Gasteiger partial charge in [0.05, 0.1) is 42.0 Å². The van der Waals surface area contributed by atoms with Crippen molar-refractivity contribution in [3.8, 4) is 0 Å². The maximum atomic E-state index is 15.0. The fourth-order valence-corrected chi connectivity index (χ4v) is 5.10. The number of rotatable bonds is 4. The molecule has 12 heteroatoms. The predicted molar refractivity (Wildman–Crippen MR) is 117 cm³/mol. The van der Waals surface area contributed by atoms with E-state index in [1.54, 1.807) is 24.3 Å². The van der Waals surface area contributed by atoms with Crippen LogP contribution in [-0.4, -0.2) is 73.2 Å². The molecule has 0 spiro atoms. The second kappa shape index (κ2) is 7.65. The molecule has 4 aliphatic rings. The quantitative estimate of drug-likeness (QED) is 0.637. The van der Waals surface area contributed by atoms with Gasteiger partial charge in [-0.2, -0.15) is 0 Å². The molecule has 0 aliphatic carbocycles. The molecule has 2 N–H and O–H groups in total. The zero-order chi connectivity index (χ0) is 24.4. The molecule has 6 rings (SSSR count). The Kier molecular flexibility index (Phi) is 4.66. The number of cyclic esters (lactones) is 1. The van der Waals surface area contributed by atoms with Crippen molar-refractivity contribution in [2.24, 2.45) is 0 Å². The Labute approximate surface area is 197 Å². The molecular formula is C23H19F2N5O5. The summed E-state index contributed by atoms with van der Waals surface area (Å²) in [6.45, 7) is 0.219. The highest BCUT2D eigenvalue weighted by molar-refractivity contribution is 6.21. The first kappa shape index (κ1) is 21.3. The fourth-order valence-electron chi connectivity index (χ4n) is 5.10. The van der Waals surface area contributed by atoms with Gasteiger partial charge in [0.2, 0.25) is 0 Å². The topological polar surface area (TPSA) is 111 Å². The summed E-state index contributed by atoms with van der Waals surface area (Å²) in [7, 11) is 0. The van der Waals surface area contributed by atoms with Crippen molar-refractivity contribution in [1.82, 2.24) is 15.5 Å². The number of nitrogens with zero attached hydrogens (tertiary/aromatic N) is 3. The molecule has 4 heterocycles. The number of fused-ring (bicyclic) bond motifs is 2. The number of hydrogen-bond acceptors (Lipinski definition) is 6. The predicted octanol–water partition coefficient (Wildman–Crippen LogP) is 1.46. The van der Waals surface area contributed by atoms with E-state index in [9.17, 15) is 19.2 Å². The summed E-state index contributed by atoms with van der Waals surface area (Å²) >= 11 is 0. The summed E-state index contributed by atoms with van der Waals surface area (Å²) in [5.41, 5.74) is 0.275. The van der Waals surface area contributed by atoms with E-state index in [-0.39, 0.29) is 66.8 Å². The van der Waals surface area contributed by atoms with Gasteiger partial charge in [-0.15, -0.1) is 0 Å². The zero-order valence-electron chi connectivity index (χ0n) is 18.2. The van der Waals surface area contributed by atoms with E-state index in [0.717, 1.165) is 21.9 Å². The third-order valence-corrected chi connectivity index (χ3v) is 6.72. The van der Waals surface area contributed by atoms with Crippen molar-refractivity contribution in [2.45, 2.75) is 18.2 Å². The van der Waals surface area contributed by atoms with Crippen molar-refractivity contribution >= 4 is 35.3 Å². The summed E-state index contributed by atoms with van der Waals surface area (Å²) in [5, 5.41) is 5.41. The van der Waals surface area contributed by atoms with Gasteiger partial charge < -0.3 is 20.3 Å². The summed E-state index contributed by atoms with van der Waals surface area (Å²) in [4.78, 5) is 52.6. The molecule has 10 nitrogen and oxygen atoms in total. The Morgan fingerprint density at radius 1 is 0.886 bits per heavy atom. The minimum absolute atomic E-state index is 0.0376. The summed E-state index contributed by atoms with van der Waals surface area (Å²) in [5.74, 6) is -2.68. The molecule has 5 amide bonds. The van der Waals surface area contributed by atoms with E-state index < -0.39 is 35.6 Å². The van der Waals surface area contributed by atoms with Gasteiger partial charge in [-0.1, -0.05) is 12.1 Å². The average molecular weight is 483 g/mol. The van der Waals surface area contributed by atoms with Crippen LogP contribution in [0.25, 0.3) is 0 Å². The number of urea groups is 1. The smallest absolute Gasteiger partial charge is 0.414 e. The maximum Gasteiger partial charge on any atom is 0.414 e.